The average Bonchev–Trinajstić information content (AvgIpc) is 3.26. The lowest BCUT2D eigenvalue weighted by Gasteiger charge is -2.21. The fourth-order valence-corrected chi connectivity index (χ4v) is 4.97. The third kappa shape index (κ3) is 5.32. The minimum atomic E-state index is -0.0940. The summed E-state index contributed by atoms with van der Waals surface area (Å²) in [4.78, 5) is 20.6. The molecule has 0 spiro atoms. The summed E-state index contributed by atoms with van der Waals surface area (Å²) in [5.74, 6) is -0.184. The van der Waals surface area contributed by atoms with Gasteiger partial charge in [0.15, 0.2) is 0 Å². The summed E-state index contributed by atoms with van der Waals surface area (Å²) in [7, 11) is 4.12. The number of aromatic nitrogens is 2. The monoisotopic (exact) mass is 488 g/mol. The van der Waals surface area contributed by atoms with E-state index in [1.165, 1.54) is 0 Å². The second kappa shape index (κ2) is 11.2. The normalized spacial score (nSPS) is 11.4. The van der Waals surface area contributed by atoms with Crippen LogP contribution in [0.1, 0.15) is 38.8 Å². The van der Waals surface area contributed by atoms with Crippen molar-refractivity contribution < 1.29 is 4.79 Å². The lowest BCUT2D eigenvalue weighted by molar-refractivity contribution is 0.0940. The van der Waals surface area contributed by atoms with Gasteiger partial charge in [0.1, 0.15) is 5.69 Å². The Morgan fingerprint density at radius 1 is 0.838 bits per heavy atom. The molecule has 3 aromatic carbocycles. The highest BCUT2D eigenvalue weighted by molar-refractivity contribution is 6.02. The van der Waals surface area contributed by atoms with Crippen molar-refractivity contribution in [3.05, 3.63) is 137 Å². The molecule has 5 heteroatoms. The van der Waals surface area contributed by atoms with E-state index in [1.54, 1.807) is 6.20 Å². The zero-order valence-electron chi connectivity index (χ0n) is 21.3. The molecule has 2 aromatic heterocycles. The molecular formula is C32H32N4O. The van der Waals surface area contributed by atoms with Gasteiger partial charge in [-0.15, -0.1) is 0 Å². The van der Waals surface area contributed by atoms with E-state index in [0.29, 0.717) is 18.8 Å². The highest BCUT2D eigenvalue weighted by Gasteiger charge is 2.30. The first-order chi connectivity index (χ1) is 18.1. The summed E-state index contributed by atoms with van der Waals surface area (Å²) in [5, 5.41) is 4.27. The van der Waals surface area contributed by atoms with Crippen LogP contribution in [0.5, 0.6) is 0 Å². The van der Waals surface area contributed by atoms with Gasteiger partial charge in [-0.25, -0.2) is 0 Å². The van der Waals surface area contributed by atoms with E-state index in [4.69, 9.17) is 0 Å². The number of hydrogen-bond donors (Lipinski definition) is 1. The number of nitrogens with one attached hydrogen (secondary N) is 1. The number of amides is 1. The van der Waals surface area contributed by atoms with E-state index < -0.39 is 0 Å². The molecule has 0 atom stereocenters. The Hall–Kier alpha value is -4.22. The van der Waals surface area contributed by atoms with Gasteiger partial charge in [-0.3, -0.25) is 9.78 Å². The Morgan fingerprint density at radius 3 is 2.08 bits per heavy atom. The van der Waals surface area contributed by atoms with Crippen LogP contribution in [0.4, 0.5) is 0 Å². The third-order valence-electron chi connectivity index (χ3n) is 6.71. The van der Waals surface area contributed by atoms with Crippen molar-refractivity contribution in [3.8, 4) is 0 Å². The van der Waals surface area contributed by atoms with Crippen LogP contribution in [0.25, 0.3) is 10.9 Å². The topological polar surface area (TPSA) is 50.2 Å². The molecule has 0 saturated heterocycles. The molecule has 0 aliphatic heterocycles. The summed E-state index contributed by atoms with van der Waals surface area (Å²) in [6.07, 6.45) is 1.75. The van der Waals surface area contributed by atoms with Crippen molar-refractivity contribution in [2.24, 2.45) is 0 Å². The second-order valence-electron chi connectivity index (χ2n) is 9.49. The van der Waals surface area contributed by atoms with Gasteiger partial charge in [0.25, 0.3) is 5.91 Å². The first kappa shape index (κ1) is 24.5. The third-order valence-corrected chi connectivity index (χ3v) is 6.71. The first-order valence-electron chi connectivity index (χ1n) is 12.7. The average molecular weight is 489 g/mol. The zero-order valence-corrected chi connectivity index (χ0v) is 21.3. The zero-order chi connectivity index (χ0) is 25.6. The van der Waals surface area contributed by atoms with Gasteiger partial charge < -0.3 is 14.8 Å². The Bertz CT molecular complexity index is 1420. The smallest absolute Gasteiger partial charge is 0.268 e. The maximum Gasteiger partial charge on any atom is 0.268 e. The molecule has 1 N–H and O–H groups in total. The minimum Gasteiger partial charge on any atom is -0.345 e. The predicted molar refractivity (Wildman–Crippen MR) is 150 cm³/mol. The van der Waals surface area contributed by atoms with Gasteiger partial charge in [-0.1, -0.05) is 84.9 Å². The number of benzene rings is 3. The van der Waals surface area contributed by atoms with Crippen LogP contribution >= 0.6 is 0 Å². The fourth-order valence-electron chi connectivity index (χ4n) is 4.97. The van der Waals surface area contributed by atoms with Gasteiger partial charge in [0, 0.05) is 41.7 Å². The Balaban J connectivity index is 1.72. The predicted octanol–water partition coefficient (Wildman–Crippen LogP) is 5.71. The number of pyridine rings is 1. The molecule has 0 fully saturated rings. The quantitative estimate of drug-likeness (QED) is 0.289. The number of nitrogens with zero attached hydrogens (tertiary/aromatic N) is 3. The molecule has 1 amide bonds. The van der Waals surface area contributed by atoms with Crippen LogP contribution in [-0.2, 0) is 13.1 Å². The summed E-state index contributed by atoms with van der Waals surface area (Å²) in [5.41, 5.74) is 5.95. The maximum atomic E-state index is 14.1. The van der Waals surface area contributed by atoms with Crippen molar-refractivity contribution in [1.82, 2.24) is 19.8 Å². The Kier molecular flexibility index (Phi) is 7.43. The summed E-state index contributed by atoms with van der Waals surface area (Å²) in [6.45, 7) is 1.89. The van der Waals surface area contributed by atoms with Crippen molar-refractivity contribution in [3.63, 3.8) is 0 Å². The van der Waals surface area contributed by atoms with E-state index in [-0.39, 0.29) is 11.8 Å². The molecule has 0 aliphatic carbocycles. The van der Waals surface area contributed by atoms with Crippen LogP contribution in [0.2, 0.25) is 0 Å². The van der Waals surface area contributed by atoms with Crippen molar-refractivity contribution >= 4 is 16.8 Å². The number of likely N-dealkylation sites (N-methyl/N-ethyl adjacent to an activating group) is 1. The van der Waals surface area contributed by atoms with E-state index in [2.05, 4.69) is 101 Å². The van der Waals surface area contributed by atoms with E-state index in [0.717, 1.165) is 39.8 Å². The summed E-state index contributed by atoms with van der Waals surface area (Å²) in [6, 6.07) is 35.1. The molecule has 0 unspecified atom stereocenters. The summed E-state index contributed by atoms with van der Waals surface area (Å²) < 4.78 is 2.19. The van der Waals surface area contributed by atoms with Crippen molar-refractivity contribution in [2.45, 2.75) is 19.0 Å². The number of rotatable bonds is 9. The Labute approximate surface area is 218 Å². The Morgan fingerprint density at radius 2 is 1.46 bits per heavy atom. The van der Waals surface area contributed by atoms with Gasteiger partial charge in [-0.05, 0) is 43.4 Å². The molecule has 37 heavy (non-hydrogen) atoms. The molecule has 5 rings (SSSR count). The molecule has 0 bridgehead atoms. The van der Waals surface area contributed by atoms with Crippen LogP contribution in [0, 0.1) is 0 Å². The molecule has 2 heterocycles. The lowest BCUT2D eigenvalue weighted by Crippen LogP contribution is -2.29. The highest BCUT2D eigenvalue weighted by Crippen LogP contribution is 2.40. The van der Waals surface area contributed by atoms with Crippen LogP contribution in [-0.4, -0.2) is 41.0 Å². The van der Waals surface area contributed by atoms with Gasteiger partial charge >= 0.3 is 0 Å². The van der Waals surface area contributed by atoms with Crippen LogP contribution in [0.3, 0.4) is 0 Å². The number of para-hydroxylation sites is 1. The van der Waals surface area contributed by atoms with E-state index in [1.807, 2.05) is 36.4 Å². The van der Waals surface area contributed by atoms with Crippen LogP contribution in [0.15, 0.2) is 109 Å². The largest absolute Gasteiger partial charge is 0.345 e. The van der Waals surface area contributed by atoms with Crippen molar-refractivity contribution in [1.29, 1.82) is 0 Å². The number of hydrogen-bond acceptors (Lipinski definition) is 3. The SMILES string of the molecule is CN(C)CCn1c(C(=O)NCc2ccccn2)c(C(c2ccccc2)c2ccccc2)c2ccccc21. The van der Waals surface area contributed by atoms with E-state index in [9.17, 15) is 4.79 Å². The molecule has 0 saturated carbocycles. The number of fused-ring (bicyclic) bond motifs is 1. The maximum absolute atomic E-state index is 14.1. The number of carbonyl (C=O) groups excluding carboxylic acids is 1. The highest BCUT2D eigenvalue weighted by atomic mass is 16.1. The number of carbonyl (C=O) groups is 1. The molecular weight excluding hydrogens is 456 g/mol. The fraction of sp³-hybridized carbons (Fsp3) is 0.188. The lowest BCUT2D eigenvalue weighted by atomic mass is 9.83. The minimum absolute atomic E-state index is 0.0903. The molecule has 186 valence electrons. The molecule has 0 radical (unpaired) electrons. The first-order valence-corrected chi connectivity index (χ1v) is 12.7. The van der Waals surface area contributed by atoms with Gasteiger partial charge in [0.05, 0.1) is 12.2 Å². The van der Waals surface area contributed by atoms with Crippen molar-refractivity contribution in [2.75, 3.05) is 20.6 Å². The summed E-state index contributed by atoms with van der Waals surface area (Å²) >= 11 is 0. The molecule has 5 aromatic rings. The molecule has 0 aliphatic rings. The van der Waals surface area contributed by atoms with Crippen LogP contribution < -0.4 is 5.32 Å². The van der Waals surface area contributed by atoms with Gasteiger partial charge in [-0.2, -0.15) is 0 Å². The van der Waals surface area contributed by atoms with Gasteiger partial charge in [0.2, 0.25) is 0 Å². The molecule has 5 nitrogen and oxygen atoms in total. The standard InChI is InChI=1S/C32H32N4O/c1-35(2)21-22-36-28-19-10-9-18-27(28)30(31(36)32(37)34-23-26-17-11-12-20-33-26)29(24-13-5-3-6-14-24)25-15-7-4-8-16-25/h3-20,29H,21-23H2,1-2H3,(H,34,37). The van der Waals surface area contributed by atoms with E-state index >= 15 is 0 Å². The second-order valence-corrected chi connectivity index (χ2v) is 9.49.